The lowest BCUT2D eigenvalue weighted by Crippen LogP contribution is -2.15. The molecule has 0 spiro atoms. The van der Waals surface area contributed by atoms with E-state index >= 15 is 0 Å². The Hall–Kier alpha value is -3.19. The van der Waals surface area contributed by atoms with Crippen LogP contribution in [0.15, 0.2) is 47.3 Å². The first-order chi connectivity index (χ1) is 13.5. The van der Waals surface area contributed by atoms with Crippen LogP contribution in [-0.2, 0) is 4.79 Å². The summed E-state index contributed by atoms with van der Waals surface area (Å²) in [6.07, 6.45) is 2.09. The van der Waals surface area contributed by atoms with Gasteiger partial charge in [-0.05, 0) is 57.7 Å². The van der Waals surface area contributed by atoms with Gasteiger partial charge in [-0.3, -0.25) is 9.59 Å². The van der Waals surface area contributed by atoms with Crippen molar-refractivity contribution in [2.24, 2.45) is 0 Å². The number of unbranched alkanes of at least 4 members (excludes halogenated alkanes) is 1. The molecule has 0 bridgehead atoms. The van der Waals surface area contributed by atoms with E-state index in [4.69, 9.17) is 0 Å². The maximum Gasteiger partial charge on any atom is 0.272 e. The number of H-pyrrole nitrogens is 1. The number of nitrogens with zero attached hydrogens (tertiary/aromatic N) is 2. The van der Waals surface area contributed by atoms with Crippen LogP contribution >= 0.6 is 0 Å². The SMILES string of the molecule is CN(C)CCCCC(=O)Nc1cc(-c2n[nH]c(=O)c3ccccc23)ccc1O. The van der Waals surface area contributed by atoms with Crippen LogP contribution in [0.3, 0.4) is 0 Å². The van der Waals surface area contributed by atoms with Crippen LogP contribution in [0.4, 0.5) is 5.69 Å². The Morgan fingerprint density at radius 2 is 1.89 bits per heavy atom. The molecule has 1 aromatic heterocycles. The molecule has 0 aliphatic rings. The summed E-state index contributed by atoms with van der Waals surface area (Å²) >= 11 is 0. The molecule has 0 atom stereocenters. The van der Waals surface area contributed by atoms with E-state index in [0.717, 1.165) is 19.4 Å². The number of aromatic nitrogens is 2. The van der Waals surface area contributed by atoms with Gasteiger partial charge in [-0.1, -0.05) is 18.2 Å². The number of carbonyl (C=O) groups excluding carboxylic acids is 1. The molecular formula is C21H24N4O3. The van der Waals surface area contributed by atoms with Gasteiger partial charge in [0.15, 0.2) is 0 Å². The van der Waals surface area contributed by atoms with Crippen LogP contribution in [0.2, 0.25) is 0 Å². The van der Waals surface area contributed by atoms with Gasteiger partial charge >= 0.3 is 0 Å². The van der Waals surface area contributed by atoms with Crippen molar-refractivity contribution >= 4 is 22.4 Å². The van der Waals surface area contributed by atoms with E-state index in [1.54, 1.807) is 24.3 Å². The number of phenols is 1. The largest absolute Gasteiger partial charge is 0.506 e. The second-order valence-corrected chi connectivity index (χ2v) is 6.99. The highest BCUT2D eigenvalue weighted by atomic mass is 16.3. The quantitative estimate of drug-likeness (QED) is 0.432. The molecule has 3 aromatic rings. The highest BCUT2D eigenvalue weighted by molar-refractivity contribution is 5.96. The molecule has 0 fully saturated rings. The maximum atomic E-state index is 12.2. The molecule has 0 aliphatic carbocycles. The number of benzene rings is 2. The Kier molecular flexibility index (Phi) is 6.06. The minimum absolute atomic E-state index is 0.0147. The molecule has 2 aromatic carbocycles. The Morgan fingerprint density at radius 1 is 1.14 bits per heavy atom. The molecule has 146 valence electrons. The van der Waals surface area contributed by atoms with Crippen molar-refractivity contribution in [1.29, 1.82) is 0 Å². The minimum Gasteiger partial charge on any atom is -0.506 e. The Balaban J connectivity index is 1.82. The zero-order valence-corrected chi connectivity index (χ0v) is 16.0. The molecule has 7 heteroatoms. The van der Waals surface area contributed by atoms with Crippen LogP contribution in [0, 0.1) is 0 Å². The first-order valence-corrected chi connectivity index (χ1v) is 9.21. The van der Waals surface area contributed by atoms with Crippen molar-refractivity contribution in [2.75, 3.05) is 26.0 Å². The van der Waals surface area contributed by atoms with Gasteiger partial charge in [0.05, 0.1) is 16.8 Å². The number of anilines is 1. The lowest BCUT2D eigenvalue weighted by Gasteiger charge is -2.11. The molecular weight excluding hydrogens is 356 g/mol. The third-order valence-electron chi connectivity index (χ3n) is 4.50. The van der Waals surface area contributed by atoms with Gasteiger partial charge in [0.1, 0.15) is 5.75 Å². The van der Waals surface area contributed by atoms with Crippen LogP contribution in [0.5, 0.6) is 5.75 Å². The summed E-state index contributed by atoms with van der Waals surface area (Å²) in [5.41, 5.74) is 1.33. The summed E-state index contributed by atoms with van der Waals surface area (Å²) in [6.45, 7) is 0.930. The molecule has 0 saturated carbocycles. The van der Waals surface area contributed by atoms with Crippen molar-refractivity contribution in [1.82, 2.24) is 15.1 Å². The second-order valence-electron chi connectivity index (χ2n) is 6.99. The number of hydrogen-bond donors (Lipinski definition) is 3. The van der Waals surface area contributed by atoms with Gasteiger partial charge in [0.25, 0.3) is 5.56 Å². The van der Waals surface area contributed by atoms with E-state index in [2.05, 4.69) is 20.4 Å². The number of hydrogen-bond acceptors (Lipinski definition) is 5. The highest BCUT2D eigenvalue weighted by Crippen LogP contribution is 2.31. The molecule has 1 amide bonds. The third kappa shape index (κ3) is 4.55. The van der Waals surface area contributed by atoms with Crippen molar-refractivity contribution in [3.05, 3.63) is 52.8 Å². The molecule has 7 nitrogen and oxygen atoms in total. The molecule has 28 heavy (non-hydrogen) atoms. The fourth-order valence-corrected chi connectivity index (χ4v) is 3.04. The number of carbonyl (C=O) groups is 1. The molecule has 0 radical (unpaired) electrons. The highest BCUT2D eigenvalue weighted by Gasteiger charge is 2.12. The Bertz CT molecular complexity index is 1040. The molecule has 3 N–H and O–H groups in total. The van der Waals surface area contributed by atoms with Gasteiger partial charge in [0, 0.05) is 17.4 Å². The van der Waals surface area contributed by atoms with E-state index < -0.39 is 0 Å². The molecule has 1 heterocycles. The van der Waals surface area contributed by atoms with Gasteiger partial charge in [-0.25, -0.2) is 5.10 Å². The average Bonchev–Trinajstić information content (AvgIpc) is 2.68. The van der Waals surface area contributed by atoms with Crippen molar-refractivity contribution in [3.8, 4) is 17.0 Å². The molecule has 0 saturated heterocycles. The smallest absolute Gasteiger partial charge is 0.272 e. The lowest BCUT2D eigenvalue weighted by molar-refractivity contribution is -0.116. The molecule has 3 rings (SSSR count). The summed E-state index contributed by atoms with van der Waals surface area (Å²) in [5, 5.41) is 20.8. The number of amides is 1. The summed E-state index contributed by atoms with van der Waals surface area (Å²) in [5.74, 6) is -0.162. The van der Waals surface area contributed by atoms with Crippen LogP contribution in [-0.4, -0.2) is 46.8 Å². The van der Waals surface area contributed by atoms with E-state index in [0.29, 0.717) is 34.1 Å². The third-order valence-corrected chi connectivity index (χ3v) is 4.50. The first kappa shape index (κ1) is 19.6. The number of fused-ring (bicyclic) bond motifs is 1. The Morgan fingerprint density at radius 3 is 2.64 bits per heavy atom. The van der Waals surface area contributed by atoms with Gasteiger partial charge < -0.3 is 15.3 Å². The maximum absolute atomic E-state index is 12.2. The zero-order chi connectivity index (χ0) is 20.1. The van der Waals surface area contributed by atoms with E-state index in [9.17, 15) is 14.7 Å². The summed E-state index contributed by atoms with van der Waals surface area (Å²) < 4.78 is 0. The molecule has 0 aliphatic heterocycles. The summed E-state index contributed by atoms with van der Waals surface area (Å²) in [4.78, 5) is 26.3. The van der Waals surface area contributed by atoms with Gasteiger partial charge in [-0.2, -0.15) is 5.10 Å². The fraction of sp³-hybridized carbons (Fsp3) is 0.286. The monoisotopic (exact) mass is 380 g/mol. The normalized spacial score (nSPS) is 11.1. The van der Waals surface area contributed by atoms with Crippen molar-refractivity contribution in [3.63, 3.8) is 0 Å². The van der Waals surface area contributed by atoms with Crippen LogP contribution < -0.4 is 10.9 Å². The van der Waals surface area contributed by atoms with Crippen molar-refractivity contribution in [2.45, 2.75) is 19.3 Å². The number of phenolic OH excluding ortho intramolecular Hbond substituents is 1. The van der Waals surface area contributed by atoms with Gasteiger partial charge in [0.2, 0.25) is 5.91 Å². The zero-order valence-electron chi connectivity index (χ0n) is 16.0. The second kappa shape index (κ2) is 8.67. The first-order valence-electron chi connectivity index (χ1n) is 9.21. The fourth-order valence-electron chi connectivity index (χ4n) is 3.04. The van der Waals surface area contributed by atoms with Gasteiger partial charge in [-0.15, -0.1) is 0 Å². The van der Waals surface area contributed by atoms with E-state index in [1.165, 1.54) is 6.07 Å². The van der Waals surface area contributed by atoms with Crippen LogP contribution in [0.1, 0.15) is 19.3 Å². The topological polar surface area (TPSA) is 98.3 Å². The predicted molar refractivity (Wildman–Crippen MR) is 110 cm³/mol. The summed E-state index contributed by atoms with van der Waals surface area (Å²) in [7, 11) is 4.00. The number of aromatic hydroxyl groups is 1. The average molecular weight is 380 g/mol. The summed E-state index contributed by atoms with van der Waals surface area (Å²) in [6, 6.07) is 12.1. The van der Waals surface area contributed by atoms with Crippen molar-refractivity contribution < 1.29 is 9.90 Å². The molecule has 0 unspecified atom stereocenters. The number of aromatic amines is 1. The predicted octanol–water partition coefficient (Wildman–Crippen LogP) is 2.97. The van der Waals surface area contributed by atoms with Crippen LogP contribution in [0.25, 0.3) is 22.0 Å². The van der Waals surface area contributed by atoms with E-state index in [1.807, 2.05) is 26.2 Å². The van der Waals surface area contributed by atoms with E-state index in [-0.39, 0.29) is 17.2 Å². The standard InChI is InChI=1S/C21H24N4O3/c1-25(2)12-6-5-9-19(27)22-17-13-14(10-11-18(17)26)20-15-7-3-4-8-16(15)21(28)24-23-20/h3-4,7-8,10-11,13,26H,5-6,9,12H2,1-2H3,(H,22,27)(H,24,28). The Labute approximate surface area is 163 Å². The lowest BCUT2D eigenvalue weighted by atomic mass is 10.0. The number of rotatable bonds is 7. The minimum atomic E-state index is -0.260. The number of nitrogens with one attached hydrogen (secondary N) is 2.